The SMILES string of the molecule is COc1ccc(CC(=O)OCC(=O)c2ccc(N(C)S(C)(=O)=O)cc2)cc1OC. The Morgan fingerprint density at radius 3 is 2.14 bits per heavy atom. The van der Waals surface area contributed by atoms with Crippen molar-refractivity contribution in [1.82, 2.24) is 0 Å². The number of Topliss-reactive ketones (excluding diaryl/α,β-unsaturated/α-hetero) is 1. The van der Waals surface area contributed by atoms with Gasteiger partial charge in [-0.05, 0) is 42.0 Å². The van der Waals surface area contributed by atoms with Gasteiger partial charge in [-0.15, -0.1) is 0 Å². The Labute approximate surface area is 170 Å². The van der Waals surface area contributed by atoms with Crippen molar-refractivity contribution in [2.24, 2.45) is 0 Å². The smallest absolute Gasteiger partial charge is 0.310 e. The molecular weight excluding hydrogens is 398 g/mol. The first-order valence-electron chi connectivity index (χ1n) is 8.59. The predicted octanol–water partition coefficient (Wildman–Crippen LogP) is 2.07. The molecular formula is C20H23NO7S. The number of hydrogen-bond acceptors (Lipinski definition) is 7. The molecule has 9 heteroatoms. The Morgan fingerprint density at radius 2 is 1.59 bits per heavy atom. The van der Waals surface area contributed by atoms with Gasteiger partial charge in [-0.3, -0.25) is 13.9 Å². The van der Waals surface area contributed by atoms with Crippen molar-refractivity contribution in [3.63, 3.8) is 0 Å². The number of benzene rings is 2. The van der Waals surface area contributed by atoms with Crippen LogP contribution in [-0.4, -0.2) is 54.3 Å². The van der Waals surface area contributed by atoms with Gasteiger partial charge in [0.05, 0.1) is 32.6 Å². The normalized spacial score (nSPS) is 10.9. The van der Waals surface area contributed by atoms with E-state index in [-0.39, 0.29) is 12.2 Å². The Kier molecular flexibility index (Phi) is 7.22. The molecule has 2 aromatic carbocycles. The van der Waals surface area contributed by atoms with E-state index in [4.69, 9.17) is 14.2 Å². The number of carbonyl (C=O) groups is 2. The van der Waals surface area contributed by atoms with Crippen molar-refractivity contribution in [3.05, 3.63) is 53.6 Å². The zero-order chi connectivity index (χ0) is 21.6. The average molecular weight is 421 g/mol. The first-order chi connectivity index (χ1) is 13.7. The van der Waals surface area contributed by atoms with Crippen molar-refractivity contribution < 1.29 is 32.2 Å². The molecule has 0 radical (unpaired) electrons. The number of ketones is 1. The molecule has 0 fully saturated rings. The summed E-state index contributed by atoms with van der Waals surface area (Å²) < 4.78 is 39.6. The molecule has 8 nitrogen and oxygen atoms in total. The van der Waals surface area contributed by atoms with Crippen LogP contribution >= 0.6 is 0 Å². The van der Waals surface area contributed by atoms with Gasteiger partial charge >= 0.3 is 5.97 Å². The van der Waals surface area contributed by atoms with Crippen LogP contribution in [0.1, 0.15) is 15.9 Å². The van der Waals surface area contributed by atoms with Gasteiger partial charge in [-0.2, -0.15) is 0 Å². The fourth-order valence-electron chi connectivity index (χ4n) is 2.49. The quantitative estimate of drug-likeness (QED) is 0.451. The molecule has 156 valence electrons. The first-order valence-corrected chi connectivity index (χ1v) is 10.4. The number of ether oxygens (including phenoxy) is 3. The Balaban J connectivity index is 1.94. The summed E-state index contributed by atoms with van der Waals surface area (Å²) in [7, 11) is 1.05. The maximum absolute atomic E-state index is 12.2. The van der Waals surface area contributed by atoms with E-state index in [9.17, 15) is 18.0 Å². The molecule has 0 aromatic heterocycles. The summed E-state index contributed by atoms with van der Waals surface area (Å²) in [4.78, 5) is 24.3. The van der Waals surface area contributed by atoms with Crippen molar-refractivity contribution in [2.45, 2.75) is 6.42 Å². The lowest BCUT2D eigenvalue weighted by atomic mass is 10.1. The Hall–Kier alpha value is -3.07. The van der Waals surface area contributed by atoms with Crippen LogP contribution in [0.3, 0.4) is 0 Å². The third kappa shape index (κ3) is 5.95. The van der Waals surface area contributed by atoms with E-state index in [0.717, 1.165) is 10.6 Å². The van der Waals surface area contributed by atoms with E-state index >= 15 is 0 Å². The predicted molar refractivity (Wildman–Crippen MR) is 108 cm³/mol. The topological polar surface area (TPSA) is 99.2 Å². The lowest BCUT2D eigenvalue weighted by Crippen LogP contribution is -2.24. The van der Waals surface area contributed by atoms with E-state index in [1.165, 1.54) is 45.5 Å². The third-order valence-corrected chi connectivity index (χ3v) is 5.42. The van der Waals surface area contributed by atoms with Crippen LogP contribution in [0.4, 0.5) is 5.69 Å². The zero-order valence-electron chi connectivity index (χ0n) is 16.7. The van der Waals surface area contributed by atoms with E-state index in [1.807, 2.05) is 0 Å². The molecule has 0 amide bonds. The van der Waals surface area contributed by atoms with E-state index in [1.54, 1.807) is 18.2 Å². The second-order valence-electron chi connectivity index (χ2n) is 6.23. The summed E-state index contributed by atoms with van der Waals surface area (Å²) in [5.41, 5.74) is 1.40. The fraction of sp³-hybridized carbons (Fsp3) is 0.300. The number of sulfonamides is 1. The molecule has 0 saturated heterocycles. The monoisotopic (exact) mass is 421 g/mol. The minimum absolute atomic E-state index is 0.0221. The molecule has 0 saturated carbocycles. The van der Waals surface area contributed by atoms with Crippen LogP contribution in [0, 0.1) is 0 Å². The van der Waals surface area contributed by atoms with Crippen LogP contribution in [0.2, 0.25) is 0 Å². The highest BCUT2D eigenvalue weighted by atomic mass is 32.2. The van der Waals surface area contributed by atoms with E-state index in [2.05, 4.69) is 0 Å². The molecule has 0 spiro atoms. The number of esters is 1. The zero-order valence-corrected chi connectivity index (χ0v) is 17.5. The fourth-order valence-corrected chi connectivity index (χ4v) is 2.99. The molecule has 29 heavy (non-hydrogen) atoms. The second kappa shape index (κ2) is 9.42. The lowest BCUT2D eigenvalue weighted by Gasteiger charge is -2.16. The van der Waals surface area contributed by atoms with Gasteiger partial charge in [0.15, 0.2) is 23.9 Å². The number of methoxy groups -OCH3 is 2. The second-order valence-corrected chi connectivity index (χ2v) is 8.24. The van der Waals surface area contributed by atoms with Gasteiger partial charge in [0.25, 0.3) is 0 Å². The molecule has 0 bridgehead atoms. The van der Waals surface area contributed by atoms with Gasteiger partial charge in [-0.25, -0.2) is 8.42 Å². The van der Waals surface area contributed by atoms with Gasteiger partial charge in [0.2, 0.25) is 10.0 Å². The molecule has 0 atom stereocenters. The number of carbonyl (C=O) groups excluding carboxylic acids is 2. The van der Waals surface area contributed by atoms with Crippen molar-refractivity contribution in [2.75, 3.05) is 38.4 Å². The van der Waals surface area contributed by atoms with Gasteiger partial charge in [0, 0.05) is 12.6 Å². The Morgan fingerprint density at radius 1 is 0.966 bits per heavy atom. The number of hydrogen-bond donors (Lipinski definition) is 0. The highest BCUT2D eigenvalue weighted by molar-refractivity contribution is 7.92. The third-order valence-electron chi connectivity index (χ3n) is 4.21. The number of rotatable bonds is 9. The molecule has 0 aliphatic rings. The highest BCUT2D eigenvalue weighted by Gasteiger charge is 2.15. The van der Waals surface area contributed by atoms with Gasteiger partial charge in [0.1, 0.15) is 0 Å². The van der Waals surface area contributed by atoms with E-state index < -0.39 is 22.6 Å². The molecule has 2 rings (SSSR count). The average Bonchev–Trinajstić information content (AvgIpc) is 2.70. The molecule has 2 aromatic rings. The maximum atomic E-state index is 12.2. The summed E-state index contributed by atoms with van der Waals surface area (Å²) in [5.74, 6) is 0.0935. The molecule has 0 aliphatic carbocycles. The number of nitrogens with zero attached hydrogens (tertiary/aromatic N) is 1. The molecule has 0 N–H and O–H groups in total. The van der Waals surface area contributed by atoms with Crippen molar-refractivity contribution in [3.8, 4) is 11.5 Å². The summed E-state index contributed by atoms with van der Waals surface area (Å²) in [6, 6.07) is 11.1. The number of anilines is 1. The summed E-state index contributed by atoms with van der Waals surface area (Å²) in [6.45, 7) is -0.409. The standard InChI is InChI=1S/C20H23NO7S/c1-21(29(4,24)25)16-8-6-15(7-9-16)17(22)13-28-20(23)12-14-5-10-18(26-2)19(11-14)27-3/h5-11H,12-13H2,1-4H3. The summed E-state index contributed by atoms with van der Waals surface area (Å²) >= 11 is 0. The summed E-state index contributed by atoms with van der Waals surface area (Å²) in [5, 5.41) is 0. The molecule has 0 aliphatic heterocycles. The van der Waals surface area contributed by atoms with Crippen LogP contribution in [0.25, 0.3) is 0 Å². The van der Waals surface area contributed by atoms with E-state index in [0.29, 0.717) is 28.3 Å². The molecule has 0 unspecified atom stereocenters. The van der Waals surface area contributed by atoms with Gasteiger partial charge in [-0.1, -0.05) is 6.07 Å². The van der Waals surface area contributed by atoms with Crippen molar-refractivity contribution in [1.29, 1.82) is 0 Å². The van der Waals surface area contributed by atoms with Crippen LogP contribution < -0.4 is 13.8 Å². The minimum Gasteiger partial charge on any atom is -0.493 e. The first kappa shape index (κ1) is 22.2. The molecule has 0 heterocycles. The summed E-state index contributed by atoms with van der Waals surface area (Å²) in [6.07, 6.45) is 1.07. The maximum Gasteiger partial charge on any atom is 0.310 e. The van der Waals surface area contributed by atoms with Gasteiger partial charge < -0.3 is 14.2 Å². The highest BCUT2D eigenvalue weighted by Crippen LogP contribution is 2.27. The largest absolute Gasteiger partial charge is 0.493 e. The minimum atomic E-state index is -3.39. The lowest BCUT2D eigenvalue weighted by molar-refractivity contribution is -0.141. The van der Waals surface area contributed by atoms with Crippen LogP contribution in [-0.2, 0) is 26.0 Å². The van der Waals surface area contributed by atoms with Crippen LogP contribution in [0.15, 0.2) is 42.5 Å². The van der Waals surface area contributed by atoms with Crippen molar-refractivity contribution >= 4 is 27.5 Å². The van der Waals surface area contributed by atoms with Crippen LogP contribution in [0.5, 0.6) is 11.5 Å². The Bertz CT molecular complexity index is 984.